The monoisotopic (exact) mass is 242 g/mol. The number of ether oxygens (including phenoxy) is 2. The number of esters is 2. The molecule has 4 heteroatoms. The zero-order chi connectivity index (χ0) is 13.5. The third-order valence-corrected chi connectivity index (χ3v) is 2.09. The Morgan fingerprint density at radius 3 is 2.29 bits per heavy atom. The van der Waals surface area contributed by atoms with Crippen molar-refractivity contribution in [3.63, 3.8) is 0 Å². The summed E-state index contributed by atoms with van der Waals surface area (Å²) < 4.78 is 9.70. The van der Waals surface area contributed by atoms with Crippen molar-refractivity contribution in [2.24, 2.45) is 5.92 Å². The molecule has 0 fully saturated rings. The molecule has 1 atom stereocenters. The van der Waals surface area contributed by atoms with Gasteiger partial charge in [0.25, 0.3) is 0 Å². The summed E-state index contributed by atoms with van der Waals surface area (Å²) in [7, 11) is 1.35. The highest BCUT2D eigenvalue weighted by molar-refractivity contribution is 5.82. The van der Waals surface area contributed by atoms with Crippen LogP contribution in [0.15, 0.2) is 12.2 Å². The number of carbonyl (C=O) groups excluding carboxylic acids is 2. The van der Waals surface area contributed by atoms with Crippen LogP contribution < -0.4 is 0 Å². The Kier molecular flexibility index (Phi) is 6.54. The van der Waals surface area contributed by atoms with E-state index in [0.29, 0.717) is 0 Å². The van der Waals surface area contributed by atoms with Gasteiger partial charge in [0, 0.05) is 6.08 Å². The maximum Gasteiger partial charge on any atom is 0.330 e. The molecule has 98 valence electrons. The van der Waals surface area contributed by atoms with Crippen LogP contribution in [0.5, 0.6) is 0 Å². The second-order valence-electron chi connectivity index (χ2n) is 4.84. The molecule has 0 N–H and O–H groups in total. The Balaban J connectivity index is 4.27. The van der Waals surface area contributed by atoms with Gasteiger partial charge in [0.05, 0.1) is 13.5 Å². The number of rotatable bonds is 5. The van der Waals surface area contributed by atoms with Gasteiger partial charge in [0.15, 0.2) is 0 Å². The minimum Gasteiger partial charge on any atom is -0.469 e. The molecule has 0 aliphatic carbocycles. The van der Waals surface area contributed by atoms with E-state index in [9.17, 15) is 9.59 Å². The van der Waals surface area contributed by atoms with Gasteiger partial charge in [-0.2, -0.15) is 0 Å². The summed E-state index contributed by atoms with van der Waals surface area (Å²) in [4.78, 5) is 22.5. The van der Waals surface area contributed by atoms with Crippen LogP contribution in [-0.4, -0.2) is 24.6 Å². The summed E-state index contributed by atoms with van der Waals surface area (Å²) in [6.07, 6.45) is 4.13. The van der Waals surface area contributed by atoms with Crippen molar-refractivity contribution in [2.75, 3.05) is 7.11 Å². The van der Waals surface area contributed by atoms with Gasteiger partial charge >= 0.3 is 11.9 Å². The third-order valence-electron chi connectivity index (χ3n) is 2.09. The number of allylic oxidation sites excluding steroid dienone is 1. The number of hydrogen-bond donors (Lipinski definition) is 0. The largest absolute Gasteiger partial charge is 0.469 e. The van der Waals surface area contributed by atoms with Crippen LogP contribution in [0.2, 0.25) is 0 Å². The molecular formula is C13H22O4. The zero-order valence-electron chi connectivity index (χ0n) is 11.3. The van der Waals surface area contributed by atoms with E-state index >= 15 is 0 Å². The lowest BCUT2D eigenvalue weighted by Gasteiger charge is -2.18. The van der Waals surface area contributed by atoms with Crippen LogP contribution >= 0.6 is 0 Å². The van der Waals surface area contributed by atoms with Crippen LogP contribution in [0.25, 0.3) is 0 Å². The predicted octanol–water partition coefficient (Wildman–Crippen LogP) is 2.47. The van der Waals surface area contributed by atoms with Gasteiger partial charge in [-0.1, -0.05) is 13.0 Å². The van der Waals surface area contributed by atoms with E-state index < -0.39 is 5.60 Å². The van der Waals surface area contributed by atoms with E-state index in [4.69, 9.17) is 4.74 Å². The maximum atomic E-state index is 11.4. The lowest BCUT2D eigenvalue weighted by atomic mass is 10.0. The summed E-state index contributed by atoms with van der Waals surface area (Å²) in [5.41, 5.74) is -0.495. The van der Waals surface area contributed by atoms with Crippen molar-refractivity contribution in [2.45, 2.75) is 46.1 Å². The van der Waals surface area contributed by atoms with Gasteiger partial charge in [-0.05, 0) is 33.1 Å². The average Bonchev–Trinajstić information content (AvgIpc) is 2.21. The highest BCUT2D eigenvalue weighted by Crippen LogP contribution is 2.12. The molecule has 0 saturated heterocycles. The minimum atomic E-state index is -0.495. The molecule has 0 aromatic carbocycles. The first-order valence-electron chi connectivity index (χ1n) is 5.76. The van der Waals surface area contributed by atoms with E-state index in [0.717, 1.165) is 6.42 Å². The lowest BCUT2D eigenvalue weighted by Crippen LogP contribution is -2.22. The smallest absolute Gasteiger partial charge is 0.330 e. The van der Waals surface area contributed by atoms with Crippen molar-refractivity contribution in [3.8, 4) is 0 Å². The fourth-order valence-corrected chi connectivity index (χ4v) is 1.20. The van der Waals surface area contributed by atoms with E-state index in [1.165, 1.54) is 13.2 Å². The zero-order valence-corrected chi connectivity index (χ0v) is 11.3. The first-order chi connectivity index (χ1) is 7.78. The van der Waals surface area contributed by atoms with Crippen LogP contribution in [-0.2, 0) is 19.1 Å². The van der Waals surface area contributed by atoms with Crippen LogP contribution in [0.3, 0.4) is 0 Å². The average molecular weight is 242 g/mol. The second-order valence-corrected chi connectivity index (χ2v) is 4.84. The Hall–Kier alpha value is -1.32. The molecule has 0 aromatic rings. The molecule has 0 aliphatic rings. The van der Waals surface area contributed by atoms with Gasteiger partial charge in [-0.3, -0.25) is 4.79 Å². The summed E-state index contributed by atoms with van der Waals surface area (Å²) in [5, 5.41) is 0. The van der Waals surface area contributed by atoms with Crippen molar-refractivity contribution < 1.29 is 19.1 Å². The van der Waals surface area contributed by atoms with Crippen LogP contribution in [0.4, 0.5) is 0 Å². The Morgan fingerprint density at radius 2 is 1.88 bits per heavy atom. The van der Waals surface area contributed by atoms with Crippen molar-refractivity contribution in [1.29, 1.82) is 0 Å². The van der Waals surface area contributed by atoms with Crippen molar-refractivity contribution in [1.82, 2.24) is 0 Å². The summed E-state index contributed by atoms with van der Waals surface area (Å²) >= 11 is 0. The molecule has 0 saturated carbocycles. The molecule has 0 aliphatic heterocycles. The molecule has 4 nitrogen and oxygen atoms in total. The minimum absolute atomic E-state index is 0.00923. The van der Waals surface area contributed by atoms with Crippen molar-refractivity contribution >= 4 is 11.9 Å². The fraction of sp³-hybridized carbons (Fsp3) is 0.692. The van der Waals surface area contributed by atoms with Crippen molar-refractivity contribution in [3.05, 3.63) is 12.2 Å². The lowest BCUT2D eigenvalue weighted by molar-refractivity contribution is -0.148. The highest BCUT2D eigenvalue weighted by Gasteiger charge is 2.15. The first-order valence-corrected chi connectivity index (χ1v) is 5.76. The summed E-state index contributed by atoms with van der Waals surface area (Å²) in [6, 6.07) is 0. The normalized spacial score (nSPS) is 13.5. The first kappa shape index (κ1) is 15.7. The molecule has 0 aromatic heterocycles. The van der Waals surface area contributed by atoms with Gasteiger partial charge in [-0.25, -0.2) is 4.79 Å². The third kappa shape index (κ3) is 8.48. The molecule has 0 bridgehead atoms. The van der Waals surface area contributed by atoms with E-state index in [1.807, 2.05) is 27.7 Å². The van der Waals surface area contributed by atoms with Gasteiger partial charge in [0.1, 0.15) is 5.60 Å². The Morgan fingerprint density at radius 1 is 1.29 bits per heavy atom. The summed E-state index contributed by atoms with van der Waals surface area (Å²) in [5.74, 6) is -0.651. The number of methoxy groups -OCH3 is 1. The second kappa shape index (κ2) is 7.09. The van der Waals surface area contributed by atoms with Crippen LogP contribution in [0.1, 0.15) is 40.5 Å². The number of carbonyl (C=O) groups is 2. The summed E-state index contributed by atoms with van der Waals surface area (Å²) in [6.45, 7) is 7.38. The fourth-order valence-electron chi connectivity index (χ4n) is 1.20. The molecule has 0 heterocycles. The maximum absolute atomic E-state index is 11.4. The van der Waals surface area contributed by atoms with Gasteiger partial charge in [-0.15, -0.1) is 0 Å². The Labute approximate surface area is 103 Å². The predicted molar refractivity (Wildman–Crippen MR) is 65.4 cm³/mol. The SMILES string of the molecule is CCC(/C=C/C(=O)OC(C)(C)C)CC(=O)OC. The Bertz CT molecular complexity index is 286. The van der Waals surface area contributed by atoms with E-state index in [2.05, 4.69) is 4.74 Å². The molecule has 0 spiro atoms. The molecule has 0 radical (unpaired) electrons. The molecule has 0 rings (SSSR count). The number of hydrogen-bond acceptors (Lipinski definition) is 4. The molecule has 1 unspecified atom stereocenters. The van der Waals surface area contributed by atoms with Gasteiger partial charge < -0.3 is 9.47 Å². The van der Waals surface area contributed by atoms with E-state index in [1.54, 1.807) is 6.08 Å². The van der Waals surface area contributed by atoms with E-state index in [-0.39, 0.29) is 24.3 Å². The highest BCUT2D eigenvalue weighted by atomic mass is 16.6. The molecular weight excluding hydrogens is 220 g/mol. The topological polar surface area (TPSA) is 52.6 Å². The van der Waals surface area contributed by atoms with Crippen LogP contribution in [0, 0.1) is 5.92 Å². The van der Waals surface area contributed by atoms with Gasteiger partial charge in [0.2, 0.25) is 0 Å². The quantitative estimate of drug-likeness (QED) is 0.549. The molecule has 0 amide bonds. The molecule has 17 heavy (non-hydrogen) atoms. The standard InChI is InChI=1S/C13H22O4/c1-6-10(9-12(15)16-5)7-8-11(14)17-13(2,3)4/h7-8,10H,6,9H2,1-5H3/b8-7+.